The average Bonchev–Trinajstić information content (AvgIpc) is 2.40. The summed E-state index contributed by atoms with van der Waals surface area (Å²) in [5.74, 6) is 0.144. The smallest absolute Gasteiger partial charge is 0.238 e. The molecule has 2 aliphatic heterocycles. The van der Waals surface area contributed by atoms with Gasteiger partial charge >= 0.3 is 0 Å². The van der Waals surface area contributed by atoms with Gasteiger partial charge in [-0.05, 0) is 19.8 Å². The van der Waals surface area contributed by atoms with Crippen molar-refractivity contribution in [2.45, 2.75) is 31.8 Å². The van der Waals surface area contributed by atoms with Crippen molar-refractivity contribution in [2.75, 3.05) is 39.4 Å². The Bertz CT molecular complexity index is 254. The van der Waals surface area contributed by atoms with Crippen LogP contribution in [0.1, 0.15) is 19.8 Å². The molecule has 2 aliphatic rings. The van der Waals surface area contributed by atoms with E-state index in [1.54, 1.807) is 0 Å². The van der Waals surface area contributed by atoms with Crippen LogP contribution in [0.15, 0.2) is 0 Å². The van der Waals surface area contributed by atoms with E-state index in [2.05, 4.69) is 15.5 Å². The molecule has 2 heterocycles. The van der Waals surface area contributed by atoms with Crippen molar-refractivity contribution in [3.05, 3.63) is 0 Å². The van der Waals surface area contributed by atoms with E-state index in [-0.39, 0.29) is 11.9 Å². The van der Waals surface area contributed by atoms with Gasteiger partial charge in [0, 0.05) is 38.8 Å². The zero-order chi connectivity index (χ0) is 12.1. The second kappa shape index (κ2) is 6.33. The minimum atomic E-state index is -0.0320. The third kappa shape index (κ3) is 3.18. The van der Waals surface area contributed by atoms with Gasteiger partial charge in [0.2, 0.25) is 5.91 Å². The number of ether oxygens (including phenoxy) is 1. The second-order valence-corrected chi connectivity index (χ2v) is 4.72. The molecule has 1 amide bonds. The standard InChI is InChI=1S/C12H23N3O2/c1-2-14-12(16)11-8-13-5-6-15(11)10-4-3-7-17-9-10/h10-11,13H,2-9H2,1H3,(H,14,16). The van der Waals surface area contributed by atoms with E-state index in [4.69, 9.17) is 4.74 Å². The molecule has 5 nitrogen and oxygen atoms in total. The summed E-state index contributed by atoms with van der Waals surface area (Å²) in [4.78, 5) is 14.3. The molecule has 0 aromatic rings. The van der Waals surface area contributed by atoms with Crippen molar-refractivity contribution in [2.24, 2.45) is 0 Å². The average molecular weight is 241 g/mol. The number of hydrogen-bond acceptors (Lipinski definition) is 4. The molecule has 2 unspecified atom stereocenters. The van der Waals surface area contributed by atoms with Crippen LogP contribution in [0.25, 0.3) is 0 Å². The SMILES string of the molecule is CCNC(=O)C1CNCCN1C1CCCOC1. The van der Waals surface area contributed by atoms with Gasteiger partial charge in [0.05, 0.1) is 6.61 Å². The van der Waals surface area contributed by atoms with Crippen molar-refractivity contribution in [1.29, 1.82) is 0 Å². The van der Waals surface area contributed by atoms with Crippen molar-refractivity contribution >= 4 is 5.91 Å². The van der Waals surface area contributed by atoms with Crippen LogP contribution >= 0.6 is 0 Å². The molecule has 0 aromatic carbocycles. The van der Waals surface area contributed by atoms with E-state index < -0.39 is 0 Å². The Balaban J connectivity index is 1.97. The van der Waals surface area contributed by atoms with Crippen molar-refractivity contribution in [3.8, 4) is 0 Å². The number of nitrogens with one attached hydrogen (secondary N) is 2. The van der Waals surface area contributed by atoms with Crippen LogP contribution in [0.2, 0.25) is 0 Å². The molecule has 17 heavy (non-hydrogen) atoms. The summed E-state index contributed by atoms with van der Waals surface area (Å²) < 4.78 is 5.53. The highest BCUT2D eigenvalue weighted by atomic mass is 16.5. The fraction of sp³-hybridized carbons (Fsp3) is 0.917. The zero-order valence-corrected chi connectivity index (χ0v) is 10.6. The van der Waals surface area contributed by atoms with E-state index in [0.29, 0.717) is 12.6 Å². The molecular weight excluding hydrogens is 218 g/mol. The molecule has 0 saturated carbocycles. The summed E-state index contributed by atoms with van der Waals surface area (Å²) in [6.45, 7) is 6.96. The van der Waals surface area contributed by atoms with E-state index in [0.717, 1.165) is 45.7 Å². The fourth-order valence-corrected chi connectivity index (χ4v) is 2.68. The Labute approximate surface area is 103 Å². The summed E-state index contributed by atoms with van der Waals surface area (Å²) in [6.07, 6.45) is 2.26. The van der Waals surface area contributed by atoms with Crippen LogP contribution in [0.5, 0.6) is 0 Å². The number of carbonyl (C=O) groups excluding carboxylic acids is 1. The van der Waals surface area contributed by atoms with Crippen LogP contribution < -0.4 is 10.6 Å². The van der Waals surface area contributed by atoms with Crippen molar-refractivity contribution < 1.29 is 9.53 Å². The Hall–Kier alpha value is -0.650. The summed E-state index contributed by atoms with van der Waals surface area (Å²) >= 11 is 0. The topological polar surface area (TPSA) is 53.6 Å². The van der Waals surface area contributed by atoms with Crippen LogP contribution in [0, 0.1) is 0 Å². The minimum Gasteiger partial charge on any atom is -0.380 e. The lowest BCUT2D eigenvalue weighted by Crippen LogP contribution is -2.61. The molecular formula is C12H23N3O2. The van der Waals surface area contributed by atoms with E-state index >= 15 is 0 Å². The van der Waals surface area contributed by atoms with Gasteiger partial charge < -0.3 is 15.4 Å². The normalized spacial score (nSPS) is 31.1. The molecule has 0 spiro atoms. The predicted molar refractivity (Wildman–Crippen MR) is 65.9 cm³/mol. The third-order valence-corrected chi connectivity index (χ3v) is 3.54. The van der Waals surface area contributed by atoms with Gasteiger partial charge in [-0.25, -0.2) is 0 Å². The van der Waals surface area contributed by atoms with Gasteiger partial charge in [-0.15, -0.1) is 0 Å². The second-order valence-electron chi connectivity index (χ2n) is 4.72. The number of likely N-dealkylation sites (N-methyl/N-ethyl adjacent to an activating group) is 1. The highest BCUT2D eigenvalue weighted by Gasteiger charge is 2.33. The third-order valence-electron chi connectivity index (χ3n) is 3.54. The number of piperazine rings is 1. The fourth-order valence-electron chi connectivity index (χ4n) is 2.68. The molecule has 98 valence electrons. The molecule has 2 fully saturated rings. The summed E-state index contributed by atoms with van der Waals surface area (Å²) in [5, 5.41) is 6.22. The van der Waals surface area contributed by atoms with Crippen molar-refractivity contribution in [3.63, 3.8) is 0 Å². The van der Waals surface area contributed by atoms with Gasteiger partial charge in [-0.3, -0.25) is 9.69 Å². The Morgan fingerprint density at radius 3 is 3.18 bits per heavy atom. The first-order valence-electron chi connectivity index (χ1n) is 6.65. The molecule has 0 aromatic heterocycles. The van der Waals surface area contributed by atoms with Gasteiger partial charge in [0.25, 0.3) is 0 Å². The molecule has 2 saturated heterocycles. The molecule has 5 heteroatoms. The van der Waals surface area contributed by atoms with Crippen LogP contribution in [0.3, 0.4) is 0 Å². The van der Waals surface area contributed by atoms with Crippen LogP contribution in [-0.4, -0.2) is 62.3 Å². The number of hydrogen-bond donors (Lipinski definition) is 2. The van der Waals surface area contributed by atoms with Gasteiger partial charge in [0.1, 0.15) is 6.04 Å². The first-order valence-corrected chi connectivity index (χ1v) is 6.65. The Kier molecular flexibility index (Phi) is 4.76. The van der Waals surface area contributed by atoms with Gasteiger partial charge in [0.15, 0.2) is 0 Å². The lowest BCUT2D eigenvalue weighted by molar-refractivity contribution is -0.129. The minimum absolute atomic E-state index is 0.0320. The van der Waals surface area contributed by atoms with Gasteiger partial charge in [-0.1, -0.05) is 0 Å². The lowest BCUT2D eigenvalue weighted by atomic mass is 10.0. The molecule has 2 N–H and O–H groups in total. The quantitative estimate of drug-likeness (QED) is 0.704. The number of amides is 1. The highest BCUT2D eigenvalue weighted by molar-refractivity contribution is 5.82. The van der Waals surface area contributed by atoms with Crippen molar-refractivity contribution in [1.82, 2.24) is 15.5 Å². The largest absolute Gasteiger partial charge is 0.380 e. The molecule has 0 bridgehead atoms. The Morgan fingerprint density at radius 2 is 2.47 bits per heavy atom. The van der Waals surface area contributed by atoms with E-state index in [9.17, 15) is 4.79 Å². The molecule has 2 atom stereocenters. The Morgan fingerprint density at radius 1 is 1.59 bits per heavy atom. The summed E-state index contributed by atoms with van der Waals surface area (Å²) in [5.41, 5.74) is 0. The zero-order valence-electron chi connectivity index (χ0n) is 10.6. The first-order chi connectivity index (χ1) is 8.33. The maximum Gasteiger partial charge on any atom is 0.238 e. The molecule has 0 aliphatic carbocycles. The first kappa shape index (κ1) is 12.8. The number of carbonyl (C=O) groups is 1. The maximum atomic E-state index is 12.0. The number of rotatable bonds is 3. The molecule has 2 rings (SSSR count). The van der Waals surface area contributed by atoms with E-state index in [1.165, 1.54) is 0 Å². The van der Waals surface area contributed by atoms with Gasteiger partial charge in [-0.2, -0.15) is 0 Å². The molecule has 0 radical (unpaired) electrons. The van der Waals surface area contributed by atoms with Crippen LogP contribution in [-0.2, 0) is 9.53 Å². The maximum absolute atomic E-state index is 12.0. The number of nitrogens with zero attached hydrogens (tertiary/aromatic N) is 1. The summed E-state index contributed by atoms with van der Waals surface area (Å²) in [7, 11) is 0. The monoisotopic (exact) mass is 241 g/mol. The predicted octanol–water partition coefficient (Wildman–Crippen LogP) is -0.425. The summed E-state index contributed by atoms with van der Waals surface area (Å²) in [6, 6.07) is 0.383. The highest BCUT2D eigenvalue weighted by Crippen LogP contribution is 2.17. The van der Waals surface area contributed by atoms with E-state index in [1.807, 2.05) is 6.92 Å². The lowest BCUT2D eigenvalue weighted by Gasteiger charge is -2.41. The van der Waals surface area contributed by atoms with Crippen LogP contribution in [0.4, 0.5) is 0 Å².